The van der Waals surface area contributed by atoms with E-state index in [1.807, 2.05) is 11.0 Å². The number of ether oxygens (including phenoxy) is 1. The predicted molar refractivity (Wildman–Crippen MR) is 105 cm³/mol. The minimum absolute atomic E-state index is 0.0459. The highest BCUT2D eigenvalue weighted by Crippen LogP contribution is 2.29. The number of hydrogen-bond acceptors (Lipinski definition) is 5. The molecule has 0 spiro atoms. The summed E-state index contributed by atoms with van der Waals surface area (Å²) in [5, 5.41) is 0. The first kappa shape index (κ1) is 18.5. The van der Waals surface area contributed by atoms with Crippen LogP contribution in [0.25, 0.3) is 0 Å². The Kier molecular flexibility index (Phi) is 6.10. The largest absolute Gasteiger partial charge is 0.472 e. The summed E-state index contributed by atoms with van der Waals surface area (Å²) >= 11 is 0. The number of nitrogens with zero attached hydrogens (tertiary/aromatic N) is 4. The molecule has 27 heavy (non-hydrogen) atoms. The molecule has 4 rings (SSSR count). The van der Waals surface area contributed by atoms with E-state index in [-0.39, 0.29) is 6.10 Å². The van der Waals surface area contributed by atoms with E-state index in [4.69, 9.17) is 4.74 Å². The minimum atomic E-state index is 0.0459. The Balaban J connectivity index is 1.26. The van der Waals surface area contributed by atoms with Crippen LogP contribution in [0.5, 0.6) is 5.88 Å². The molecule has 2 aliphatic heterocycles. The molecule has 3 heterocycles. The van der Waals surface area contributed by atoms with Crippen LogP contribution >= 0.6 is 0 Å². The number of hydrogen-bond donors (Lipinski definition) is 0. The van der Waals surface area contributed by atoms with Crippen LogP contribution < -0.4 is 9.64 Å². The van der Waals surface area contributed by atoms with Gasteiger partial charge >= 0.3 is 0 Å². The second-order valence-electron chi connectivity index (χ2n) is 8.32. The van der Waals surface area contributed by atoms with E-state index in [1.165, 1.54) is 44.9 Å². The molecule has 1 atom stereocenters. The molecule has 1 aromatic heterocycles. The average molecular weight is 373 g/mol. The van der Waals surface area contributed by atoms with Crippen molar-refractivity contribution >= 4 is 11.7 Å². The van der Waals surface area contributed by atoms with E-state index in [1.54, 1.807) is 6.33 Å². The standard InChI is InChI=1S/C21H32N4O2/c26-21(9-8-17-6-2-3-7-17)25-13-10-18(15-25)27-20-14-19(22-16-23-20)24-11-4-1-5-12-24/h14,16-18H,1-13,15H2. The number of carbonyl (C=O) groups is 1. The Bertz CT molecular complexity index is 626. The summed E-state index contributed by atoms with van der Waals surface area (Å²) in [6, 6.07) is 1.95. The highest BCUT2D eigenvalue weighted by Gasteiger charge is 2.28. The Morgan fingerprint density at radius 1 is 1.04 bits per heavy atom. The van der Waals surface area contributed by atoms with Gasteiger partial charge in [0.1, 0.15) is 18.2 Å². The van der Waals surface area contributed by atoms with Crippen molar-refractivity contribution in [3.63, 3.8) is 0 Å². The van der Waals surface area contributed by atoms with Crippen molar-refractivity contribution in [3.8, 4) is 5.88 Å². The van der Waals surface area contributed by atoms with Crippen LogP contribution in [0.3, 0.4) is 0 Å². The summed E-state index contributed by atoms with van der Waals surface area (Å²) in [7, 11) is 0. The van der Waals surface area contributed by atoms with Gasteiger partial charge in [-0.3, -0.25) is 4.79 Å². The summed E-state index contributed by atoms with van der Waals surface area (Å²) in [6.07, 6.45) is 13.3. The van der Waals surface area contributed by atoms with Gasteiger partial charge in [-0.05, 0) is 31.6 Å². The second kappa shape index (κ2) is 8.89. The van der Waals surface area contributed by atoms with E-state index in [9.17, 15) is 4.79 Å². The third-order valence-corrected chi connectivity index (χ3v) is 6.33. The van der Waals surface area contributed by atoms with Gasteiger partial charge in [0.15, 0.2) is 0 Å². The first-order valence-electron chi connectivity index (χ1n) is 10.8. The zero-order valence-electron chi connectivity index (χ0n) is 16.3. The second-order valence-corrected chi connectivity index (χ2v) is 8.32. The lowest BCUT2D eigenvalue weighted by Gasteiger charge is -2.27. The van der Waals surface area contributed by atoms with Crippen molar-refractivity contribution in [2.45, 2.75) is 70.3 Å². The number of aromatic nitrogens is 2. The lowest BCUT2D eigenvalue weighted by Crippen LogP contribution is -2.31. The van der Waals surface area contributed by atoms with Crippen molar-refractivity contribution in [3.05, 3.63) is 12.4 Å². The number of likely N-dealkylation sites (tertiary alicyclic amines) is 1. The molecule has 3 fully saturated rings. The monoisotopic (exact) mass is 372 g/mol. The topological polar surface area (TPSA) is 58.6 Å². The Morgan fingerprint density at radius 2 is 1.85 bits per heavy atom. The van der Waals surface area contributed by atoms with Gasteiger partial charge in [-0.1, -0.05) is 25.7 Å². The van der Waals surface area contributed by atoms with Gasteiger partial charge in [-0.2, -0.15) is 0 Å². The fraction of sp³-hybridized carbons (Fsp3) is 0.762. The number of carbonyl (C=O) groups excluding carboxylic acids is 1. The molecular formula is C21H32N4O2. The molecule has 0 radical (unpaired) electrons. The average Bonchev–Trinajstić information content (AvgIpc) is 3.39. The lowest BCUT2D eigenvalue weighted by molar-refractivity contribution is -0.130. The molecular weight excluding hydrogens is 340 g/mol. The summed E-state index contributed by atoms with van der Waals surface area (Å²) in [4.78, 5) is 25.5. The van der Waals surface area contributed by atoms with Gasteiger partial charge in [0.05, 0.1) is 6.54 Å². The zero-order valence-corrected chi connectivity index (χ0v) is 16.3. The summed E-state index contributed by atoms with van der Waals surface area (Å²) in [6.45, 7) is 3.61. The zero-order chi connectivity index (χ0) is 18.5. The first-order chi connectivity index (χ1) is 13.3. The normalized spacial score (nSPS) is 23.8. The van der Waals surface area contributed by atoms with Gasteiger partial charge in [0.25, 0.3) is 0 Å². The molecule has 0 N–H and O–H groups in total. The maximum absolute atomic E-state index is 12.5. The molecule has 3 aliphatic rings. The quantitative estimate of drug-likeness (QED) is 0.766. The Labute approximate surface area is 162 Å². The molecule has 6 nitrogen and oxygen atoms in total. The van der Waals surface area contributed by atoms with Gasteiger partial charge in [-0.15, -0.1) is 0 Å². The van der Waals surface area contributed by atoms with Crippen LogP contribution in [0.2, 0.25) is 0 Å². The fourth-order valence-corrected chi connectivity index (χ4v) is 4.70. The van der Waals surface area contributed by atoms with Crippen molar-refractivity contribution in [1.82, 2.24) is 14.9 Å². The molecule has 1 aliphatic carbocycles. The maximum atomic E-state index is 12.5. The maximum Gasteiger partial charge on any atom is 0.222 e. The molecule has 1 aromatic rings. The molecule has 6 heteroatoms. The molecule has 0 aromatic carbocycles. The van der Waals surface area contributed by atoms with Crippen molar-refractivity contribution in [2.24, 2.45) is 5.92 Å². The van der Waals surface area contributed by atoms with E-state index in [0.717, 1.165) is 44.2 Å². The third-order valence-electron chi connectivity index (χ3n) is 6.33. The molecule has 2 saturated heterocycles. The molecule has 0 bridgehead atoms. The van der Waals surface area contributed by atoms with Crippen molar-refractivity contribution in [1.29, 1.82) is 0 Å². The van der Waals surface area contributed by atoms with Crippen LogP contribution in [0, 0.1) is 5.92 Å². The highest BCUT2D eigenvalue weighted by molar-refractivity contribution is 5.76. The third kappa shape index (κ3) is 4.90. The smallest absolute Gasteiger partial charge is 0.222 e. The summed E-state index contributed by atoms with van der Waals surface area (Å²) in [5.41, 5.74) is 0. The van der Waals surface area contributed by atoms with Crippen LogP contribution in [-0.2, 0) is 4.79 Å². The molecule has 1 amide bonds. The minimum Gasteiger partial charge on any atom is -0.472 e. The van der Waals surface area contributed by atoms with Crippen LogP contribution in [0.4, 0.5) is 5.82 Å². The van der Waals surface area contributed by atoms with Crippen molar-refractivity contribution in [2.75, 3.05) is 31.1 Å². The predicted octanol–water partition coefficient (Wildman–Crippen LogP) is 3.42. The van der Waals surface area contributed by atoms with E-state index < -0.39 is 0 Å². The van der Waals surface area contributed by atoms with E-state index in [2.05, 4.69) is 14.9 Å². The molecule has 148 valence electrons. The van der Waals surface area contributed by atoms with Crippen LogP contribution in [0.15, 0.2) is 12.4 Å². The molecule has 1 saturated carbocycles. The fourth-order valence-electron chi connectivity index (χ4n) is 4.70. The van der Waals surface area contributed by atoms with Gasteiger partial charge < -0.3 is 14.5 Å². The number of rotatable bonds is 6. The van der Waals surface area contributed by atoms with E-state index >= 15 is 0 Å². The van der Waals surface area contributed by atoms with Gasteiger partial charge in [-0.25, -0.2) is 9.97 Å². The Hall–Kier alpha value is -1.85. The van der Waals surface area contributed by atoms with Crippen molar-refractivity contribution < 1.29 is 9.53 Å². The van der Waals surface area contributed by atoms with Gasteiger partial charge in [0, 0.05) is 38.5 Å². The van der Waals surface area contributed by atoms with Crippen LogP contribution in [0.1, 0.15) is 64.2 Å². The summed E-state index contributed by atoms with van der Waals surface area (Å²) in [5.74, 6) is 2.67. The summed E-state index contributed by atoms with van der Waals surface area (Å²) < 4.78 is 6.09. The van der Waals surface area contributed by atoms with Crippen LogP contribution in [-0.4, -0.2) is 53.1 Å². The Morgan fingerprint density at radius 3 is 2.67 bits per heavy atom. The molecule has 1 unspecified atom stereocenters. The first-order valence-corrected chi connectivity index (χ1v) is 10.8. The lowest BCUT2D eigenvalue weighted by atomic mass is 10.0. The highest BCUT2D eigenvalue weighted by atomic mass is 16.5. The SMILES string of the molecule is O=C(CCC1CCCC1)N1CCC(Oc2cc(N3CCCCC3)ncn2)C1. The van der Waals surface area contributed by atoms with Gasteiger partial charge in [0.2, 0.25) is 11.8 Å². The number of amides is 1. The van der Waals surface area contributed by atoms with E-state index in [0.29, 0.717) is 24.8 Å². The number of anilines is 1. The number of piperidine rings is 1.